The van der Waals surface area contributed by atoms with Gasteiger partial charge in [0.2, 0.25) is 0 Å². The molecule has 0 saturated carbocycles. The number of quaternary nitrogens is 1. The van der Waals surface area contributed by atoms with Gasteiger partial charge in [-0.3, -0.25) is 14.2 Å². The molecule has 338 valence electrons. The number of ether oxygens (including phenoxy) is 2. The molecule has 9 nitrogen and oxygen atoms in total. The Balaban J connectivity index is 4.38. The van der Waals surface area contributed by atoms with E-state index in [9.17, 15) is 19.0 Å². The van der Waals surface area contributed by atoms with Crippen LogP contribution in [0.15, 0.2) is 48.6 Å². The molecule has 0 fully saturated rings. The highest BCUT2D eigenvalue weighted by Crippen LogP contribution is 2.38. The molecule has 0 saturated heterocycles. The molecule has 0 aromatic heterocycles. The van der Waals surface area contributed by atoms with E-state index in [0.29, 0.717) is 23.9 Å². The summed E-state index contributed by atoms with van der Waals surface area (Å²) in [6.07, 6.45) is 47.1. The van der Waals surface area contributed by atoms with Crippen molar-refractivity contribution in [2.45, 2.75) is 200 Å². The third-order valence-electron chi connectivity index (χ3n) is 9.82. The molecule has 0 aliphatic heterocycles. The molecule has 0 aliphatic rings. The number of rotatable bonds is 42. The lowest BCUT2D eigenvalue weighted by atomic mass is 10.1. The maximum atomic E-state index is 12.7. The summed E-state index contributed by atoms with van der Waals surface area (Å²) in [5.74, 6) is -0.884. The molecule has 0 aromatic carbocycles. The average molecular weight is 838 g/mol. The van der Waals surface area contributed by atoms with Gasteiger partial charge in [-0.1, -0.05) is 152 Å². The van der Waals surface area contributed by atoms with Crippen molar-refractivity contribution < 1.29 is 42.1 Å². The predicted molar refractivity (Wildman–Crippen MR) is 240 cm³/mol. The van der Waals surface area contributed by atoms with Crippen LogP contribution in [0.5, 0.6) is 0 Å². The van der Waals surface area contributed by atoms with Crippen molar-refractivity contribution in [3.8, 4) is 0 Å². The van der Waals surface area contributed by atoms with Crippen LogP contribution in [-0.2, 0) is 32.7 Å². The Bertz CT molecular complexity index is 1130. The number of phosphoric acid groups is 1. The molecule has 0 heterocycles. The number of allylic oxidation sites excluding steroid dienone is 8. The van der Waals surface area contributed by atoms with Gasteiger partial charge in [0.25, 0.3) is 7.82 Å². The van der Waals surface area contributed by atoms with Crippen LogP contribution in [-0.4, -0.2) is 70.0 Å². The highest BCUT2D eigenvalue weighted by Gasteiger charge is 2.21. The van der Waals surface area contributed by atoms with Gasteiger partial charge in [0.1, 0.15) is 19.8 Å². The third-order valence-corrected chi connectivity index (χ3v) is 10.8. The SMILES string of the molecule is CCCCC/C=C\C/C=C\C/C=C\CCCCC(=O)OC[C@H](COP(=O)([O-])OCC[N+](C)(C)C)OC(=O)CCCCCCCCC/C=C\CCCCCCCCCC. The predicted octanol–water partition coefficient (Wildman–Crippen LogP) is 12.8. The Labute approximate surface area is 356 Å². The minimum absolute atomic E-state index is 0.0388. The van der Waals surface area contributed by atoms with Gasteiger partial charge >= 0.3 is 11.9 Å². The summed E-state index contributed by atoms with van der Waals surface area (Å²) >= 11 is 0. The molecule has 0 radical (unpaired) electrons. The molecule has 10 heteroatoms. The van der Waals surface area contributed by atoms with E-state index < -0.39 is 32.5 Å². The number of phosphoric ester groups is 1. The minimum atomic E-state index is -4.64. The number of likely N-dealkylation sites (N-methyl/N-ethyl adjacent to an activating group) is 1. The van der Waals surface area contributed by atoms with Crippen molar-refractivity contribution in [3.63, 3.8) is 0 Å². The Morgan fingerprint density at radius 2 is 0.931 bits per heavy atom. The minimum Gasteiger partial charge on any atom is -0.756 e. The first-order valence-corrected chi connectivity index (χ1v) is 24.8. The van der Waals surface area contributed by atoms with Crippen LogP contribution in [0.4, 0.5) is 0 Å². The summed E-state index contributed by atoms with van der Waals surface area (Å²) in [6, 6.07) is 0. The summed E-state index contributed by atoms with van der Waals surface area (Å²) in [7, 11) is 1.14. The van der Waals surface area contributed by atoms with E-state index in [-0.39, 0.29) is 26.1 Å². The van der Waals surface area contributed by atoms with Crippen molar-refractivity contribution in [1.29, 1.82) is 0 Å². The fourth-order valence-corrected chi connectivity index (χ4v) is 6.85. The normalized spacial score (nSPS) is 14.0. The number of esters is 2. The van der Waals surface area contributed by atoms with Crippen LogP contribution in [0.25, 0.3) is 0 Å². The highest BCUT2D eigenvalue weighted by atomic mass is 31.2. The molecular formula is C48H88NO8P. The molecule has 2 atom stereocenters. The number of carbonyl (C=O) groups excluding carboxylic acids is 2. The summed E-state index contributed by atoms with van der Waals surface area (Å²) < 4.78 is 33.9. The van der Waals surface area contributed by atoms with E-state index in [4.69, 9.17) is 18.5 Å². The quantitative estimate of drug-likeness (QED) is 0.0196. The number of hydrogen-bond donors (Lipinski definition) is 0. The van der Waals surface area contributed by atoms with E-state index in [2.05, 4.69) is 62.5 Å². The van der Waals surface area contributed by atoms with Gasteiger partial charge in [-0.2, -0.15) is 0 Å². The van der Waals surface area contributed by atoms with E-state index in [1.54, 1.807) is 0 Å². The lowest BCUT2D eigenvalue weighted by Gasteiger charge is -2.28. The van der Waals surface area contributed by atoms with Gasteiger partial charge in [0.15, 0.2) is 6.10 Å². The Morgan fingerprint density at radius 1 is 0.534 bits per heavy atom. The molecule has 58 heavy (non-hydrogen) atoms. The van der Waals surface area contributed by atoms with E-state index in [1.807, 2.05) is 21.1 Å². The van der Waals surface area contributed by atoms with Crippen LogP contribution in [0.2, 0.25) is 0 Å². The first-order chi connectivity index (χ1) is 28.0. The van der Waals surface area contributed by atoms with Crippen molar-refractivity contribution in [2.24, 2.45) is 0 Å². The van der Waals surface area contributed by atoms with Crippen molar-refractivity contribution >= 4 is 19.8 Å². The summed E-state index contributed by atoms with van der Waals surface area (Å²) in [5.41, 5.74) is 0. The molecule has 0 aromatic rings. The molecular weight excluding hydrogens is 750 g/mol. The zero-order chi connectivity index (χ0) is 42.8. The molecule has 1 unspecified atom stereocenters. The van der Waals surface area contributed by atoms with Crippen molar-refractivity contribution in [1.82, 2.24) is 0 Å². The maximum Gasteiger partial charge on any atom is 0.306 e. The van der Waals surface area contributed by atoms with Crippen LogP contribution in [0, 0.1) is 0 Å². The first-order valence-electron chi connectivity index (χ1n) is 23.3. The van der Waals surface area contributed by atoms with Gasteiger partial charge in [-0.05, 0) is 77.0 Å². The van der Waals surface area contributed by atoms with Crippen LogP contribution >= 0.6 is 7.82 Å². The van der Waals surface area contributed by atoms with Gasteiger partial charge in [0.05, 0.1) is 27.7 Å². The lowest BCUT2D eigenvalue weighted by Crippen LogP contribution is -2.37. The second kappa shape index (κ2) is 40.4. The molecule has 0 rings (SSSR count). The number of hydrogen-bond acceptors (Lipinski definition) is 8. The summed E-state index contributed by atoms with van der Waals surface area (Å²) in [4.78, 5) is 37.6. The smallest absolute Gasteiger partial charge is 0.306 e. The topological polar surface area (TPSA) is 111 Å². The third kappa shape index (κ3) is 43.5. The summed E-state index contributed by atoms with van der Waals surface area (Å²) in [6.45, 7) is 4.15. The van der Waals surface area contributed by atoms with Gasteiger partial charge in [0, 0.05) is 12.8 Å². The number of nitrogens with zero attached hydrogens (tertiary/aromatic N) is 1. The summed E-state index contributed by atoms with van der Waals surface area (Å²) in [5, 5.41) is 0. The Kier molecular flexibility index (Phi) is 39.0. The van der Waals surface area contributed by atoms with Crippen LogP contribution < -0.4 is 4.89 Å². The van der Waals surface area contributed by atoms with Gasteiger partial charge < -0.3 is 27.9 Å². The fraction of sp³-hybridized carbons (Fsp3) is 0.792. The van der Waals surface area contributed by atoms with Gasteiger partial charge in [-0.15, -0.1) is 0 Å². The van der Waals surface area contributed by atoms with Gasteiger partial charge in [-0.25, -0.2) is 0 Å². The fourth-order valence-electron chi connectivity index (χ4n) is 6.13. The van der Waals surface area contributed by atoms with Crippen LogP contribution in [0.3, 0.4) is 0 Å². The Hall–Kier alpha value is -2.03. The largest absolute Gasteiger partial charge is 0.756 e. The molecule has 0 amide bonds. The average Bonchev–Trinajstić information content (AvgIpc) is 3.17. The molecule has 0 N–H and O–H groups in total. The second-order valence-corrected chi connectivity index (χ2v) is 18.2. The standard InChI is InChI=1S/C48H88NO8P/c1-6-8-10-12-14-16-18-20-22-23-24-25-27-29-31-33-35-37-39-41-48(51)57-46(45-56-58(52,53)55-43-42-49(3,4)5)44-54-47(50)40-38-36-34-32-30-28-26-21-19-17-15-13-11-9-7-2/h15,17,21,23-24,26,30,32,46H,6-14,16,18-20,22,25,27-29,31,33-45H2,1-5H3/b17-15-,24-23-,26-21-,32-30-/t46-/m1/s1. The molecule has 0 aliphatic carbocycles. The monoisotopic (exact) mass is 838 g/mol. The van der Waals surface area contributed by atoms with E-state index in [0.717, 1.165) is 57.8 Å². The first kappa shape index (κ1) is 56.0. The van der Waals surface area contributed by atoms with E-state index >= 15 is 0 Å². The molecule has 0 spiro atoms. The van der Waals surface area contributed by atoms with Crippen LogP contribution in [0.1, 0.15) is 194 Å². The second-order valence-electron chi connectivity index (χ2n) is 16.8. The zero-order valence-electron chi connectivity index (χ0n) is 38.0. The van der Waals surface area contributed by atoms with Crippen molar-refractivity contribution in [3.05, 3.63) is 48.6 Å². The van der Waals surface area contributed by atoms with Crippen molar-refractivity contribution in [2.75, 3.05) is 47.5 Å². The highest BCUT2D eigenvalue weighted by molar-refractivity contribution is 7.45. The maximum absolute atomic E-state index is 12.7. The Morgan fingerprint density at radius 3 is 1.47 bits per heavy atom. The molecule has 0 bridgehead atoms. The zero-order valence-corrected chi connectivity index (χ0v) is 38.9. The number of unbranched alkanes of at least 4 members (excludes halogenated alkanes) is 20. The van der Waals surface area contributed by atoms with E-state index in [1.165, 1.54) is 96.3 Å². The lowest BCUT2D eigenvalue weighted by molar-refractivity contribution is -0.870. The number of carbonyl (C=O) groups is 2.